The van der Waals surface area contributed by atoms with E-state index in [1.165, 1.54) is 38.3 Å². The molecule has 1 atom stereocenters. The summed E-state index contributed by atoms with van der Waals surface area (Å²) in [4.78, 5) is 12.4. The van der Waals surface area contributed by atoms with Crippen LogP contribution < -0.4 is 14.8 Å². The standard InChI is InChI=1S/C21H30N2O5S/c1-3-4-5-6-7-14-22-21(24)16-19(20-9-8-15-28-20)23-29(25,26)18-12-10-17(27-2)11-13-18/h8-13,15,19,23H,3-7,14,16H2,1-2H3,(H,22,24)/t19-/m0/s1. The van der Waals surface area contributed by atoms with Crippen molar-refractivity contribution >= 4 is 15.9 Å². The van der Waals surface area contributed by atoms with Crippen molar-refractivity contribution in [3.8, 4) is 5.75 Å². The number of hydrogen-bond donors (Lipinski definition) is 2. The molecule has 1 aromatic carbocycles. The Morgan fingerprint density at radius 3 is 2.45 bits per heavy atom. The monoisotopic (exact) mass is 422 g/mol. The van der Waals surface area contributed by atoms with Gasteiger partial charge in [-0.05, 0) is 42.8 Å². The third-order valence-electron chi connectivity index (χ3n) is 4.55. The summed E-state index contributed by atoms with van der Waals surface area (Å²) in [6.07, 6.45) is 6.91. The third kappa shape index (κ3) is 7.55. The second-order valence-electron chi connectivity index (χ2n) is 6.83. The number of unbranched alkanes of at least 4 members (excludes halogenated alkanes) is 4. The number of benzene rings is 1. The predicted octanol–water partition coefficient (Wildman–Crippen LogP) is 3.78. The molecule has 0 fully saturated rings. The lowest BCUT2D eigenvalue weighted by atomic mass is 10.1. The normalized spacial score (nSPS) is 12.5. The first kappa shape index (κ1) is 23.0. The molecule has 0 unspecified atom stereocenters. The number of ether oxygens (including phenoxy) is 1. The first-order valence-corrected chi connectivity index (χ1v) is 11.4. The van der Waals surface area contributed by atoms with Gasteiger partial charge in [-0.25, -0.2) is 8.42 Å². The van der Waals surface area contributed by atoms with Gasteiger partial charge in [0.25, 0.3) is 0 Å². The fourth-order valence-corrected chi connectivity index (χ4v) is 4.12. The van der Waals surface area contributed by atoms with Gasteiger partial charge in [0.15, 0.2) is 0 Å². The van der Waals surface area contributed by atoms with Gasteiger partial charge in [-0.3, -0.25) is 4.79 Å². The summed E-state index contributed by atoms with van der Waals surface area (Å²) in [5.41, 5.74) is 0. The van der Waals surface area contributed by atoms with E-state index in [-0.39, 0.29) is 17.2 Å². The van der Waals surface area contributed by atoms with Crippen molar-refractivity contribution in [1.82, 2.24) is 10.0 Å². The lowest BCUT2D eigenvalue weighted by Crippen LogP contribution is -2.34. The van der Waals surface area contributed by atoms with Gasteiger partial charge in [-0.2, -0.15) is 4.72 Å². The fraction of sp³-hybridized carbons (Fsp3) is 0.476. The number of carbonyl (C=O) groups excluding carboxylic acids is 1. The van der Waals surface area contributed by atoms with E-state index in [9.17, 15) is 13.2 Å². The first-order valence-electron chi connectivity index (χ1n) is 9.92. The van der Waals surface area contributed by atoms with Crippen LogP contribution in [0.3, 0.4) is 0 Å². The van der Waals surface area contributed by atoms with E-state index in [4.69, 9.17) is 9.15 Å². The van der Waals surface area contributed by atoms with Crippen LogP contribution in [0.4, 0.5) is 0 Å². The van der Waals surface area contributed by atoms with Crippen molar-refractivity contribution in [3.05, 3.63) is 48.4 Å². The number of carbonyl (C=O) groups is 1. The molecule has 0 spiro atoms. The summed E-state index contributed by atoms with van der Waals surface area (Å²) in [6, 6.07) is 8.57. The number of amides is 1. The summed E-state index contributed by atoms with van der Waals surface area (Å²) < 4.78 is 38.5. The van der Waals surface area contributed by atoms with Gasteiger partial charge >= 0.3 is 0 Å². The van der Waals surface area contributed by atoms with Crippen molar-refractivity contribution in [1.29, 1.82) is 0 Å². The highest BCUT2D eigenvalue weighted by atomic mass is 32.2. The molecule has 7 nitrogen and oxygen atoms in total. The predicted molar refractivity (Wildman–Crippen MR) is 111 cm³/mol. The number of methoxy groups -OCH3 is 1. The Hall–Kier alpha value is -2.32. The van der Waals surface area contributed by atoms with Crippen LogP contribution in [0, 0.1) is 0 Å². The maximum Gasteiger partial charge on any atom is 0.241 e. The Morgan fingerprint density at radius 1 is 1.10 bits per heavy atom. The molecule has 0 aliphatic heterocycles. The van der Waals surface area contributed by atoms with Gasteiger partial charge in [-0.15, -0.1) is 0 Å². The maximum absolute atomic E-state index is 12.8. The van der Waals surface area contributed by atoms with Gasteiger partial charge in [0.1, 0.15) is 11.5 Å². The van der Waals surface area contributed by atoms with E-state index in [1.54, 1.807) is 24.3 Å². The molecule has 0 bridgehead atoms. The van der Waals surface area contributed by atoms with Crippen LogP contribution in [0.15, 0.2) is 52.0 Å². The zero-order chi connectivity index (χ0) is 21.1. The molecule has 0 saturated carbocycles. The third-order valence-corrected chi connectivity index (χ3v) is 6.03. The van der Waals surface area contributed by atoms with Crippen molar-refractivity contribution in [2.75, 3.05) is 13.7 Å². The molecule has 1 aromatic heterocycles. The van der Waals surface area contributed by atoms with Gasteiger partial charge in [0.05, 0.1) is 30.7 Å². The summed E-state index contributed by atoms with van der Waals surface area (Å²) in [5.74, 6) is 0.726. The SMILES string of the molecule is CCCCCCCNC(=O)C[C@H](NS(=O)(=O)c1ccc(OC)cc1)c1ccco1. The van der Waals surface area contributed by atoms with Crippen LogP contribution in [0.25, 0.3) is 0 Å². The second-order valence-corrected chi connectivity index (χ2v) is 8.55. The zero-order valence-electron chi connectivity index (χ0n) is 17.0. The molecule has 2 rings (SSSR count). The average Bonchev–Trinajstić information content (AvgIpc) is 3.25. The lowest BCUT2D eigenvalue weighted by Gasteiger charge is -2.17. The minimum Gasteiger partial charge on any atom is -0.497 e. The molecule has 2 N–H and O–H groups in total. The summed E-state index contributed by atoms with van der Waals surface area (Å²) in [6.45, 7) is 2.74. The largest absolute Gasteiger partial charge is 0.497 e. The molecule has 0 aliphatic rings. The van der Waals surface area contributed by atoms with E-state index in [0.29, 0.717) is 18.1 Å². The van der Waals surface area contributed by atoms with Gasteiger partial charge in [-0.1, -0.05) is 32.6 Å². The van der Waals surface area contributed by atoms with E-state index in [2.05, 4.69) is 17.0 Å². The van der Waals surface area contributed by atoms with Crippen LogP contribution in [0.2, 0.25) is 0 Å². The van der Waals surface area contributed by atoms with Crippen LogP contribution in [0.1, 0.15) is 57.3 Å². The van der Waals surface area contributed by atoms with E-state index < -0.39 is 16.1 Å². The molecule has 0 radical (unpaired) electrons. The second kappa shape index (κ2) is 11.6. The van der Waals surface area contributed by atoms with Gasteiger partial charge < -0.3 is 14.5 Å². The summed E-state index contributed by atoms with van der Waals surface area (Å²) >= 11 is 0. The molecule has 0 saturated heterocycles. The number of furan rings is 1. The molecule has 1 heterocycles. The number of sulfonamides is 1. The van der Waals surface area contributed by atoms with Gasteiger partial charge in [0, 0.05) is 6.54 Å². The van der Waals surface area contributed by atoms with E-state index in [1.807, 2.05) is 0 Å². The number of rotatable bonds is 13. The number of nitrogens with one attached hydrogen (secondary N) is 2. The van der Waals surface area contributed by atoms with E-state index >= 15 is 0 Å². The highest BCUT2D eigenvalue weighted by Crippen LogP contribution is 2.22. The van der Waals surface area contributed by atoms with Crippen LogP contribution in [-0.2, 0) is 14.8 Å². The molecule has 0 aliphatic carbocycles. The van der Waals surface area contributed by atoms with E-state index in [0.717, 1.165) is 19.3 Å². The Balaban J connectivity index is 1.98. The topological polar surface area (TPSA) is 97.6 Å². The molecule has 29 heavy (non-hydrogen) atoms. The first-order chi connectivity index (χ1) is 14.0. The minimum absolute atomic E-state index is 0.0438. The van der Waals surface area contributed by atoms with Crippen molar-refractivity contribution in [2.24, 2.45) is 0 Å². The van der Waals surface area contributed by atoms with Crippen molar-refractivity contribution in [2.45, 2.75) is 56.4 Å². The molecular formula is C21H30N2O5S. The van der Waals surface area contributed by atoms with Gasteiger partial charge in [0.2, 0.25) is 15.9 Å². The molecular weight excluding hydrogens is 392 g/mol. The molecule has 2 aromatic rings. The maximum atomic E-state index is 12.8. The Morgan fingerprint density at radius 2 is 1.83 bits per heavy atom. The highest BCUT2D eigenvalue weighted by Gasteiger charge is 2.25. The quantitative estimate of drug-likeness (QED) is 0.479. The molecule has 1 amide bonds. The van der Waals surface area contributed by atoms with Crippen molar-refractivity contribution < 1.29 is 22.4 Å². The van der Waals surface area contributed by atoms with Crippen LogP contribution in [0.5, 0.6) is 5.75 Å². The van der Waals surface area contributed by atoms with Crippen LogP contribution >= 0.6 is 0 Å². The zero-order valence-corrected chi connectivity index (χ0v) is 17.8. The van der Waals surface area contributed by atoms with Crippen LogP contribution in [-0.4, -0.2) is 28.0 Å². The number of hydrogen-bond acceptors (Lipinski definition) is 5. The van der Waals surface area contributed by atoms with Crippen molar-refractivity contribution in [3.63, 3.8) is 0 Å². The minimum atomic E-state index is -3.84. The molecule has 160 valence electrons. The summed E-state index contributed by atoms with van der Waals surface area (Å²) in [5, 5.41) is 2.86. The Kier molecular flexibility index (Phi) is 9.21. The smallest absolute Gasteiger partial charge is 0.241 e. The highest BCUT2D eigenvalue weighted by molar-refractivity contribution is 7.89. The Labute approximate surface area is 172 Å². The average molecular weight is 423 g/mol. The Bertz CT molecular complexity index is 832. The fourth-order valence-electron chi connectivity index (χ4n) is 2.91. The molecule has 8 heteroatoms. The summed E-state index contributed by atoms with van der Waals surface area (Å²) in [7, 11) is -2.33. The lowest BCUT2D eigenvalue weighted by molar-refractivity contribution is -0.121.